The van der Waals surface area contributed by atoms with Crippen LogP contribution in [0.15, 0.2) is 58.1 Å². The summed E-state index contributed by atoms with van der Waals surface area (Å²) in [7, 11) is 0. The van der Waals surface area contributed by atoms with Gasteiger partial charge in [0.25, 0.3) is 0 Å². The minimum Gasteiger partial charge on any atom is -0.469 e. The molecule has 0 unspecified atom stereocenters. The molecule has 2 aromatic rings. The Bertz CT molecular complexity index is 662. The SMILES string of the molecule is CCNC(=NCC1(c2ccccc2)CCOCC1)NCCc1ccco1. The van der Waals surface area contributed by atoms with E-state index < -0.39 is 0 Å². The zero-order valence-corrected chi connectivity index (χ0v) is 15.5. The fourth-order valence-electron chi connectivity index (χ4n) is 3.42. The number of guanidine groups is 1. The van der Waals surface area contributed by atoms with Crippen molar-refractivity contribution in [2.45, 2.75) is 31.6 Å². The minimum atomic E-state index is 0.0584. The van der Waals surface area contributed by atoms with Gasteiger partial charge in [0.1, 0.15) is 5.76 Å². The summed E-state index contributed by atoms with van der Waals surface area (Å²) in [5.41, 5.74) is 1.42. The van der Waals surface area contributed by atoms with Crippen molar-refractivity contribution in [2.24, 2.45) is 4.99 Å². The highest BCUT2D eigenvalue weighted by Gasteiger charge is 2.34. The van der Waals surface area contributed by atoms with Gasteiger partial charge in [0.15, 0.2) is 5.96 Å². The van der Waals surface area contributed by atoms with Crippen molar-refractivity contribution >= 4 is 5.96 Å². The standard InChI is InChI=1S/C21H29N3O2/c1-2-22-20(23-13-10-19-9-6-14-26-19)24-17-21(11-15-25-16-12-21)18-7-4-3-5-8-18/h3-9,14H,2,10-13,15-17H2,1H3,(H2,22,23,24). The Labute approximate surface area is 155 Å². The van der Waals surface area contributed by atoms with Crippen LogP contribution in [0, 0.1) is 0 Å². The normalized spacial score (nSPS) is 17.0. The topological polar surface area (TPSA) is 58.8 Å². The number of ether oxygens (including phenoxy) is 1. The second kappa shape index (κ2) is 9.43. The smallest absolute Gasteiger partial charge is 0.191 e. The third-order valence-electron chi connectivity index (χ3n) is 4.96. The number of nitrogens with one attached hydrogen (secondary N) is 2. The first kappa shape index (κ1) is 18.5. The summed E-state index contributed by atoms with van der Waals surface area (Å²) in [4.78, 5) is 4.91. The predicted octanol–water partition coefficient (Wildman–Crippen LogP) is 3.13. The van der Waals surface area contributed by atoms with Gasteiger partial charge in [0.2, 0.25) is 0 Å². The van der Waals surface area contributed by atoms with Crippen molar-refractivity contribution in [3.63, 3.8) is 0 Å². The number of hydrogen-bond acceptors (Lipinski definition) is 3. The molecule has 2 N–H and O–H groups in total. The van der Waals surface area contributed by atoms with Crippen LogP contribution >= 0.6 is 0 Å². The van der Waals surface area contributed by atoms with E-state index in [-0.39, 0.29) is 5.41 Å². The Morgan fingerprint density at radius 2 is 1.88 bits per heavy atom. The van der Waals surface area contributed by atoms with Crippen molar-refractivity contribution in [1.82, 2.24) is 10.6 Å². The number of aliphatic imine (C=N–C) groups is 1. The van der Waals surface area contributed by atoms with E-state index in [0.29, 0.717) is 0 Å². The van der Waals surface area contributed by atoms with Crippen LogP contribution in [-0.4, -0.2) is 38.8 Å². The van der Waals surface area contributed by atoms with Gasteiger partial charge in [-0.2, -0.15) is 0 Å². The first-order valence-electron chi connectivity index (χ1n) is 9.50. The lowest BCUT2D eigenvalue weighted by Gasteiger charge is -2.36. The number of rotatable bonds is 7. The molecule has 0 aliphatic carbocycles. The van der Waals surface area contributed by atoms with E-state index in [1.54, 1.807) is 6.26 Å². The molecule has 0 amide bonds. The van der Waals surface area contributed by atoms with Gasteiger partial charge < -0.3 is 19.8 Å². The van der Waals surface area contributed by atoms with Crippen molar-refractivity contribution < 1.29 is 9.15 Å². The van der Waals surface area contributed by atoms with Gasteiger partial charge in [-0.15, -0.1) is 0 Å². The van der Waals surface area contributed by atoms with Crippen LogP contribution in [0.4, 0.5) is 0 Å². The second-order valence-electron chi connectivity index (χ2n) is 6.71. The molecule has 0 saturated carbocycles. The van der Waals surface area contributed by atoms with Crippen LogP contribution in [-0.2, 0) is 16.6 Å². The Kier molecular flexibility index (Phi) is 6.72. The zero-order chi connectivity index (χ0) is 18.1. The molecule has 1 aromatic carbocycles. The summed E-state index contributed by atoms with van der Waals surface area (Å²) in [6.45, 7) is 6.08. The molecule has 3 rings (SSSR count). The molecule has 0 atom stereocenters. The van der Waals surface area contributed by atoms with Crippen molar-refractivity contribution in [1.29, 1.82) is 0 Å². The molecule has 26 heavy (non-hydrogen) atoms. The number of benzene rings is 1. The van der Waals surface area contributed by atoms with Gasteiger partial charge in [-0.25, -0.2) is 0 Å². The van der Waals surface area contributed by atoms with Crippen molar-refractivity contribution in [2.75, 3.05) is 32.8 Å². The maximum absolute atomic E-state index is 5.62. The van der Waals surface area contributed by atoms with E-state index in [4.69, 9.17) is 14.1 Å². The average Bonchev–Trinajstić information content (AvgIpc) is 3.21. The molecule has 0 radical (unpaired) electrons. The van der Waals surface area contributed by atoms with Gasteiger partial charge in [0.05, 0.1) is 12.8 Å². The molecule has 1 aliphatic heterocycles. The monoisotopic (exact) mass is 355 g/mol. The van der Waals surface area contributed by atoms with Gasteiger partial charge in [-0.3, -0.25) is 4.99 Å². The summed E-state index contributed by atoms with van der Waals surface area (Å²) < 4.78 is 11.0. The minimum absolute atomic E-state index is 0.0584. The summed E-state index contributed by atoms with van der Waals surface area (Å²) in [6, 6.07) is 14.7. The highest BCUT2D eigenvalue weighted by molar-refractivity contribution is 5.79. The third-order valence-corrected chi connectivity index (χ3v) is 4.96. The van der Waals surface area contributed by atoms with Crippen LogP contribution in [0.2, 0.25) is 0 Å². The predicted molar refractivity (Wildman–Crippen MR) is 105 cm³/mol. The van der Waals surface area contributed by atoms with Crippen LogP contribution in [0.3, 0.4) is 0 Å². The van der Waals surface area contributed by atoms with Crippen LogP contribution in [0.25, 0.3) is 0 Å². The first-order valence-corrected chi connectivity index (χ1v) is 9.50. The average molecular weight is 355 g/mol. The van der Waals surface area contributed by atoms with E-state index in [1.165, 1.54) is 5.56 Å². The lowest BCUT2D eigenvalue weighted by molar-refractivity contribution is 0.0531. The lowest BCUT2D eigenvalue weighted by atomic mass is 9.74. The molecule has 1 aromatic heterocycles. The van der Waals surface area contributed by atoms with Crippen molar-refractivity contribution in [3.8, 4) is 0 Å². The lowest BCUT2D eigenvalue weighted by Crippen LogP contribution is -2.41. The molecule has 5 heteroatoms. The summed E-state index contributed by atoms with van der Waals surface area (Å²) in [5, 5.41) is 6.76. The van der Waals surface area contributed by atoms with Gasteiger partial charge >= 0.3 is 0 Å². The van der Waals surface area contributed by atoms with Crippen LogP contribution in [0.1, 0.15) is 31.1 Å². The molecule has 1 fully saturated rings. The highest BCUT2D eigenvalue weighted by atomic mass is 16.5. The molecular weight excluding hydrogens is 326 g/mol. The van der Waals surface area contributed by atoms with E-state index in [9.17, 15) is 0 Å². The van der Waals surface area contributed by atoms with Crippen molar-refractivity contribution in [3.05, 3.63) is 60.1 Å². The number of furan rings is 1. The fraction of sp³-hybridized carbons (Fsp3) is 0.476. The molecule has 1 saturated heterocycles. The molecule has 5 nitrogen and oxygen atoms in total. The summed E-state index contributed by atoms with van der Waals surface area (Å²) in [6.07, 6.45) is 4.57. The van der Waals surface area contributed by atoms with Crippen LogP contribution in [0.5, 0.6) is 0 Å². The van der Waals surface area contributed by atoms with Gasteiger partial charge in [-0.1, -0.05) is 30.3 Å². The van der Waals surface area contributed by atoms with Gasteiger partial charge in [0, 0.05) is 38.1 Å². The maximum atomic E-state index is 5.62. The Morgan fingerprint density at radius 3 is 2.58 bits per heavy atom. The number of nitrogens with zero attached hydrogens (tertiary/aromatic N) is 1. The van der Waals surface area contributed by atoms with E-state index in [0.717, 1.165) is 63.8 Å². The Balaban J connectivity index is 1.66. The maximum Gasteiger partial charge on any atom is 0.191 e. The fourth-order valence-corrected chi connectivity index (χ4v) is 3.42. The van der Waals surface area contributed by atoms with E-state index in [2.05, 4.69) is 47.9 Å². The van der Waals surface area contributed by atoms with Gasteiger partial charge in [-0.05, 0) is 37.5 Å². The summed E-state index contributed by atoms with van der Waals surface area (Å²) in [5.74, 6) is 1.85. The zero-order valence-electron chi connectivity index (χ0n) is 15.5. The van der Waals surface area contributed by atoms with E-state index >= 15 is 0 Å². The molecule has 0 spiro atoms. The number of hydrogen-bond donors (Lipinski definition) is 2. The molecule has 1 aliphatic rings. The largest absolute Gasteiger partial charge is 0.469 e. The molecule has 140 valence electrons. The highest BCUT2D eigenvalue weighted by Crippen LogP contribution is 2.35. The van der Waals surface area contributed by atoms with E-state index in [1.807, 2.05) is 12.1 Å². The Morgan fingerprint density at radius 1 is 1.08 bits per heavy atom. The summed E-state index contributed by atoms with van der Waals surface area (Å²) >= 11 is 0. The molecule has 0 bridgehead atoms. The molecular formula is C21H29N3O2. The van der Waals surface area contributed by atoms with Crippen LogP contribution < -0.4 is 10.6 Å². The second-order valence-corrected chi connectivity index (χ2v) is 6.71. The quantitative estimate of drug-likeness (QED) is 0.592. The molecule has 2 heterocycles. The first-order chi connectivity index (χ1) is 12.8. The third kappa shape index (κ3) is 4.88. The Hall–Kier alpha value is -2.27.